The second-order valence-electron chi connectivity index (χ2n) is 7.27. The summed E-state index contributed by atoms with van der Waals surface area (Å²) in [5.74, 6) is -0.00382. The smallest absolute Gasteiger partial charge is 0.327 e. The van der Waals surface area contributed by atoms with Crippen LogP contribution in [0.15, 0.2) is 36.4 Å². The summed E-state index contributed by atoms with van der Waals surface area (Å²) in [4.78, 5) is 34.6. The number of aromatic nitrogens is 2. The molecule has 0 radical (unpaired) electrons. The zero-order valence-electron chi connectivity index (χ0n) is 15.2. The topological polar surface area (TPSA) is 95.4 Å². The fourth-order valence-electron chi connectivity index (χ4n) is 3.70. The third-order valence-electron chi connectivity index (χ3n) is 4.89. The van der Waals surface area contributed by atoms with Gasteiger partial charge >= 0.3 is 5.97 Å². The first-order valence-electron chi connectivity index (χ1n) is 8.68. The van der Waals surface area contributed by atoms with Gasteiger partial charge in [0.1, 0.15) is 29.1 Å². The minimum Gasteiger partial charge on any atom is -0.480 e. The van der Waals surface area contributed by atoms with Crippen LogP contribution in [-0.4, -0.2) is 54.1 Å². The van der Waals surface area contributed by atoms with Crippen molar-refractivity contribution in [3.63, 3.8) is 0 Å². The molecule has 0 bridgehead atoms. The van der Waals surface area contributed by atoms with Gasteiger partial charge < -0.3 is 15.3 Å². The molecule has 0 aliphatic carbocycles. The molecule has 27 heavy (non-hydrogen) atoms. The van der Waals surface area contributed by atoms with E-state index in [-0.39, 0.29) is 11.3 Å². The molecule has 3 atom stereocenters. The molecule has 0 saturated carbocycles. The maximum atomic E-state index is 12.6. The second kappa shape index (κ2) is 6.23. The molecule has 1 aromatic heterocycles. The Morgan fingerprint density at radius 2 is 1.96 bits per heavy atom. The lowest BCUT2D eigenvalue weighted by molar-refractivity contribution is -0.158. The molecule has 2 saturated heterocycles. The number of thioether (sulfide) groups is 1. The highest BCUT2D eigenvalue weighted by atomic mass is 32.2. The zero-order chi connectivity index (χ0) is 19.3. The molecule has 2 N–H and O–H groups in total. The van der Waals surface area contributed by atoms with E-state index in [2.05, 4.69) is 15.3 Å². The van der Waals surface area contributed by atoms with Crippen molar-refractivity contribution in [2.75, 3.05) is 5.32 Å². The normalized spacial score (nSPS) is 25.7. The Hall–Kier alpha value is -2.61. The Morgan fingerprint density at radius 1 is 1.26 bits per heavy atom. The molecule has 0 spiro atoms. The summed E-state index contributed by atoms with van der Waals surface area (Å²) in [6.07, 6.45) is 0. The minimum absolute atomic E-state index is 0.206. The van der Waals surface area contributed by atoms with Crippen LogP contribution in [0, 0.1) is 6.92 Å². The van der Waals surface area contributed by atoms with Crippen molar-refractivity contribution in [1.82, 2.24) is 14.9 Å². The summed E-state index contributed by atoms with van der Waals surface area (Å²) in [5.41, 5.74) is 1.74. The van der Waals surface area contributed by atoms with Crippen LogP contribution >= 0.6 is 11.8 Å². The molecule has 2 fully saturated rings. The largest absolute Gasteiger partial charge is 0.480 e. The Morgan fingerprint density at radius 3 is 2.63 bits per heavy atom. The monoisotopic (exact) mass is 384 g/mol. The Balaban J connectivity index is 1.59. The quantitative estimate of drug-likeness (QED) is 0.782. The molecule has 2 aliphatic rings. The number of nitrogens with zero attached hydrogens (tertiary/aromatic N) is 3. The van der Waals surface area contributed by atoms with Crippen LogP contribution in [0.1, 0.15) is 19.7 Å². The lowest BCUT2D eigenvalue weighted by atomic mass is 9.96. The summed E-state index contributed by atoms with van der Waals surface area (Å²) in [5, 5.41) is 12.5. The van der Waals surface area contributed by atoms with Crippen LogP contribution < -0.4 is 5.32 Å². The molecule has 2 aliphatic heterocycles. The molecule has 2 aromatic rings. The van der Waals surface area contributed by atoms with Crippen molar-refractivity contribution in [1.29, 1.82) is 0 Å². The van der Waals surface area contributed by atoms with Gasteiger partial charge in [-0.2, -0.15) is 0 Å². The number of hydrogen-bond donors (Lipinski definition) is 2. The van der Waals surface area contributed by atoms with E-state index in [0.717, 1.165) is 11.3 Å². The molecule has 0 unspecified atom stereocenters. The zero-order valence-corrected chi connectivity index (χ0v) is 16.0. The van der Waals surface area contributed by atoms with Crippen LogP contribution in [0.5, 0.6) is 0 Å². The predicted octanol–water partition coefficient (Wildman–Crippen LogP) is 2.38. The minimum atomic E-state index is -0.967. The molecular weight excluding hydrogens is 364 g/mol. The fourth-order valence-corrected chi connectivity index (χ4v) is 5.33. The number of amides is 1. The van der Waals surface area contributed by atoms with Gasteiger partial charge in [-0.1, -0.05) is 30.3 Å². The van der Waals surface area contributed by atoms with E-state index in [9.17, 15) is 14.7 Å². The standard InChI is InChI=1S/C19H20N4O3S/c1-10-20-12(11-7-5-4-6-8-11)9-13(21-10)22-14-16(24)23-15(18(25)26)19(2,3)27-17(14)23/h4-9,14-15,17H,1-3H3,(H,25,26)(H,20,21,22)/t14-,15+,17+/m0/s1. The first kappa shape index (κ1) is 17.8. The number of nitrogens with one attached hydrogen (secondary N) is 1. The van der Waals surface area contributed by atoms with E-state index >= 15 is 0 Å². The fraction of sp³-hybridized carbons (Fsp3) is 0.368. The van der Waals surface area contributed by atoms with Crippen LogP contribution in [0.2, 0.25) is 0 Å². The molecule has 3 heterocycles. The lowest BCUT2D eigenvalue weighted by Crippen LogP contribution is -2.68. The van der Waals surface area contributed by atoms with E-state index in [4.69, 9.17) is 0 Å². The first-order chi connectivity index (χ1) is 12.8. The third kappa shape index (κ3) is 2.93. The third-order valence-corrected chi connectivity index (χ3v) is 6.46. The van der Waals surface area contributed by atoms with Gasteiger partial charge in [0.05, 0.1) is 5.69 Å². The highest BCUT2D eigenvalue weighted by Gasteiger charge is 2.63. The lowest BCUT2D eigenvalue weighted by Gasteiger charge is -2.43. The van der Waals surface area contributed by atoms with Crippen LogP contribution in [-0.2, 0) is 9.59 Å². The SMILES string of the molecule is Cc1nc(N[C@H]2C(=O)N3[C@@H]2SC(C)(C)[C@H]3C(=O)O)cc(-c2ccccc2)n1. The Kier molecular flexibility index (Phi) is 4.10. The van der Waals surface area contributed by atoms with Crippen LogP contribution in [0.4, 0.5) is 5.82 Å². The summed E-state index contributed by atoms with van der Waals surface area (Å²) < 4.78 is -0.542. The average molecular weight is 384 g/mol. The van der Waals surface area contributed by atoms with E-state index in [1.54, 1.807) is 6.92 Å². The summed E-state index contributed by atoms with van der Waals surface area (Å²) in [6, 6.07) is 10.3. The molecule has 140 valence electrons. The van der Waals surface area contributed by atoms with Gasteiger partial charge in [-0.05, 0) is 20.8 Å². The van der Waals surface area contributed by atoms with Gasteiger partial charge in [0.15, 0.2) is 0 Å². The maximum Gasteiger partial charge on any atom is 0.327 e. The van der Waals surface area contributed by atoms with Gasteiger partial charge in [0.2, 0.25) is 5.91 Å². The maximum absolute atomic E-state index is 12.6. The summed E-state index contributed by atoms with van der Waals surface area (Å²) in [7, 11) is 0. The molecular formula is C19H20N4O3S. The molecule has 1 aromatic carbocycles. The van der Waals surface area contributed by atoms with Gasteiger partial charge in [-0.15, -0.1) is 11.8 Å². The van der Waals surface area contributed by atoms with Crippen LogP contribution in [0.3, 0.4) is 0 Å². The first-order valence-corrected chi connectivity index (χ1v) is 9.56. The van der Waals surface area contributed by atoms with Gasteiger partial charge in [0.25, 0.3) is 0 Å². The number of benzene rings is 1. The predicted molar refractivity (Wildman–Crippen MR) is 103 cm³/mol. The van der Waals surface area contributed by atoms with Crippen molar-refractivity contribution < 1.29 is 14.7 Å². The number of anilines is 1. The molecule has 4 rings (SSSR count). The van der Waals surface area contributed by atoms with Gasteiger partial charge in [-0.25, -0.2) is 14.8 Å². The van der Waals surface area contributed by atoms with E-state index in [1.165, 1.54) is 16.7 Å². The molecule has 7 nitrogen and oxygen atoms in total. The second-order valence-corrected chi connectivity index (χ2v) is 9.04. The Bertz CT molecular complexity index is 918. The van der Waals surface area contributed by atoms with E-state index < -0.39 is 22.8 Å². The number of hydrogen-bond acceptors (Lipinski definition) is 6. The van der Waals surface area contributed by atoms with Crippen molar-refractivity contribution in [3.05, 3.63) is 42.2 Å². The van der Waals surface area contributed by atoms with Crippen molar-refractivity contribution >= 4 is 29.5 Å². The Labute approximate surface area is 161 Å². The van der Waals surface area contributed by atoms with Gasteiger partial charge in [-0.3, -0.25) is 4.79 Å². The number of β-lactam (4-membered cyclic amide) rings is 1. The van der Waals surface area contributed by atoms with E-state index in [1.807, 2.05) is 50.2 Å². The molecule has 8 heteroatoms. The van der Waals surface area contributed by atoms with Gasteiger partial charge in [0, 0.05) is 16.4 Å². The highest BCUT2D eigenvalue weighted by Crippen LogP contribution is 2.51. The van der Waals surface area contributed by atoms with Crippen molar-refractivity contribution in [2.45, 2.75) is 43.0 Å². The number of rotatable bonds is 4. The number of carboxylic acid groups (broad SMARTS) is 1. The van der Waals surface area contributed by atoms with Crippen molar-refractivity contribution in [3.8, 4) is 11.3 Å². The molecule has 1 amide bonds. The number of aliphatic carboxylic acids is 1. The average Bonchev–Trinajstić information content (AvgIpc) is 2.88. The number of carbonyl (C=O) groups is 2. The van der Waals surface area contributed by atoms with Crippen LogP contribution in [0.25, 0.3) is 11.3 Å². The highest BCUT2D eigenvalue weighted by molar-refractivity contribution is 8.01. The summed E-state index contributed by atoms with van der Waals surface area (Å²) in [6.45, 7) is 5.53. The van der Waals surface area contributed by atoms with Crippen molar-refractivity contribution in [2.24, 2.45) is 0 Å². The summed E-state index contributed by atoms with van der Waals surface area (Å²) >= 11 is 1.51. The van der Waals surface area contributed by atoms with E-state index in [0.29, 0.717) is 11.6 Å². The number of carbonyl (C=O) groups excluding carboxylic acids is 1. The number of aryl methyl sites for hydroxylation is 1. The number of fused-ring (bicyclic) bond motifs is 1. The number of carboxylic acids is 1.